The molecule has 7 heteroatoms. The molecule has 1 amide bonds. The first kappa shape index (κ1) is 17.7. The summed E-state index contributed by atoms with van der Waals surface area (Å²) >= 11 is 0. The number of amides is 1. The molecule has 0 bridgehead atoms. The molecule has 1 aromatic rings. The number of nitrogens with one attached hydrogen (secondary N) is 1. The number of carbonyl (C=O) groups excluding carboxylic acids is 1. The summed E-state index contributed by atoms with van der Waals surface area (Å²) in [5.41, 5.74) is -0.446. The second-order valence-corrected chi connectivity index (χ2v) is 7.15. The summed E-state index contributed by atoms with van der Waals surface area (Å²) in [6, 6.07) is 0.557. The number of likely N-dealkylation sites (tertiary alicyclic amines) is 1. The van der Waals surface area contributed by atoms with Gasteiger partial charge < -0.3 is 19.5 Å². The Balaban J connectivity index is 1.75. The van der Waals surface area contributed by atoms with Gasteiger partial charge in [-0.3, -0.25) is 0 Å². The van der Waals surface area contributed by atoms with E-state index < -0.39 is 5.60 Å². The fraction of sp³-hybridized carbons (Fsp3) is 0.812. The number of carbonyl (C=O) groups is 1. The van der Waals surface area contributed by atoms with Crippen LogP contribution in [0.1, 0.15) is 52.8 Å². The summed E-state index contributed by atoms with van der Waals surface area (Å²) in [6.45, 7) is 9.41. The lowest BCUT2D eigenvalue weighted by Crippen LogP contribution is -2.42. The van der Waals surface area contributed by atoms with Crippen LogP contribution >= 0.6 is 0 Å². The van der Waals surface area contributed by atoms with Crippen LogP contribution in [0.15, 0.2) is 10.9 Å². The van der Waals surface area contributed by atoms with Gasteiger partial charge in [0.05, 0.1) is 0 Å². The molecule has 23 heavy (non-hydrogen) atoms. The molecule has 0 radical (unpaired) electrons. The molecule has 0 aromatic carbocycles. The zero-order valence-corrected chi connectivity index (χ0v) is 14.5. The summed E-state index contributed by atoms with van der Waals surface area (Å²) in [5.74, 6) is 0.640. The van der Waals surface area contributed by atoms with Crippen molar-refractivity contribution in [3.8, 4) is 0 Å². The average molecular weight is 324 g/mol. The van der Waals surface area contributed by atoms with E-state index in [1.54, 1.807) is 0 Å². The van der Waals surface area contributed by atoms with Crippen LogP contribution in [0.3, 0.4) is 0 Å². The third kappa shape index (κ3) is 5.82. The lowest BCUT2D eigenvalue weighted by molar-refractivity contribution is 0.0215. The molecule has 1 N–H and O–H groups in total. The van der Waals surface area contributed by atoms with Crippen molar-refractivity contribution in [2.45, 2.75) is 71.1 Å². The van der Waals surface area contributed by atoms with E-state index in [1.165, 1.54) is 6.33 Å². The van der Waals surface area contributed by atoms with Gasteiger partial charge in [0.1, 0.15) is 5.60 Å². The number of aromatic nitrogens is 2. The highest BCUT2D eigenvalue weighted by Crippen LogP contribution is 2.24. The van der Waals surface area contributed by atoms with Gasteiger partial charge in [0, 0.05) is 31.6 Å². The Morgan fingerprint density at radius 3 is 3.00 bits per heavy atom. The fourth-order valence-corrected chi connectivity index (χ4v) is 2.86. The van der Waals surface area contributed by atoms with E-state index in [0.717, 1.165) is 32.4 Å². The van der Waals surface area contributed by atoms with Crippen molar-refractivity contribution in [1.29, 1.82) is 0 Å². The fourth-order valence-electron chi connectivity index (χ4n) is 2.86. The summed E-state index contributed by atoms with van der Waals surface area (Å²) in [5, 5.41) is 7.04. The monoisotopic (exact) mass is 324 g/mol. The molecule has 1 saturated heterocycles. The normalized spacial score (nSPS) is 19.8. The number of ether oxygens (including phenoxy) is 1. The Kier molecular flexibility index (Phi) is 5.98. The Hall–Kier alpha value is -1.63. The van der Waals surface area contributed by atoms with Gasteiger partial charge in [-0.15, -0.1) is 0 Å². The quantitative estimate of drug-likeness (QED) is 0.865. The maximum atomic E-state index is 12.3. The Labute approximate surface area is 137 Å². The SMILES string of the molecule is CC(CC1CCCN1C(=O)OC(C)(C)C)NCCc1ncno1. The molecule has 0 saturated carbocycles. The molecule has 1 fully saturated rings. The van der Waals surface area contributed by atoms with Crippen LogP contribution in [0.2, 0.25) is 0 Å². The third-order valence-corrected chi connectivity index (χ3v) is 3.87. The summed E-state index contributed by atoms with van der Waals surface area (Å²) in [6.07, 6.45) is 4.93. The third-order valence-electron chi connectivity index (χ3n) is 3.87. The molecule has 2 rings (SSSR count). The van der Waals surface area contributed by atoms with Crippen LogP contribution in [-0.4, -0.2) is 51.9 Å². The molecule has 1 aliphatic rings. The topological polar surface area (TPSA) is 80.5 Å². The van der Waals surface area contributed by atoms with Crippen LogP contribution in [-0.2, 0) is 11.2 Å². The van der Waals surface area contributed by atoms with E-state index in [2.05, 4.69) is 22.4 Å². The van der Waals surface area contributed by atoms with Gasteiger partial charge in [-0.1, -0.05) is 5.16 Å². The molecular weight excluding hydrogens is 296 g/mol. The smallest absolute Gasteiger partial charge is 0.410 e. The maximum absolute atomic E-state index is 12.3. The van der Waals surface area contributed by atoms with E-state index in [0.29, 0.717) is 18.4 Å². The highest BCUT2D eigenvalue weighted by atomic mass is 16.6. The molecule has 1 aliphatic heterocycles. The maximum Gasteiger partial charge on any atom is 0.410 e. The first-order chi connectivity index (χ1) is 10.8. The summed E-state index contributed by atoms with van der Waals surface area (Å²) in [4.78, 5) is 18.2. The van der Waals surface area contributed by atoms with E-state index >= 15 is 0 Å². The average Bonchev–Trinajstić information content (AvgIpc) is 3.07. The van der Waals surface area contributed by atoms with Crippen LogP contribution in [0.4, 0.5) is 4.79 Å². The zero-order valence-electron chi connectivity index (χ0n) is 14.5. The highest BCUT2D eigenvalue weighted by Gasteiger charge is 2.32. The number of rotatable bonds is 6. The van der Waals surface area contributed by atoms with Crippen LogP contribution in [0.5, 0.6) is 0 Å². The van der Waals surface area contributed by atoms with Crippen molar-refractivity contribution < 1.29 is 14.1 Å². The van der Waals surface area contributed by atoms with E-state index in [9.17, 15) is 4.79 Å². The van der Waals surface area contributed by atoms with Crippen LogP contribution in [0.25, 0.3) is 0 Å². The van der Waals surface area contributed by atoms with Gasteiger partial charge in [-0.25, -0.2) is 4.79 Å². The Morgan fingerprint density at radius 2 is 2.35 bits per heavy atom. The molecule has 1 aromatic heterocycles. The first-order valence-corrected chi connectivity index (χ1v) is 8.33. The molecular formula is C16H28N4O3. The van der Waals surface area contributed by atoms with Gasteiger partial charge in [-0.05, 0) is 47.0 Å². The molecule has 7 nitrogen and oxygen atoms in total. The lowest BCUT2D eigenvalue weighted by atomic mass is 10.1. The van der Waals surface area contributed by atoms with Gasteiger partial charge in [-0.2, -0.15) is 4.98 Å². The van der Waals surface area contributed by atoms with E-state index in [-0.39, 0.29) is 12.1 Å². The molecule has 2 heterocycles. The second-order valence-electron chi connectivity index (χ2n) is 7.15. The van der Waals surface area contributed by atoms with Gasteiger partial charge in [0.25, 0.3) is 0 Å². The highest BCUT2D eigenvalue weighted by molar-refractivity contribution is 5.68. The van der Waals surface area contributed by atoms with Crippen molar-refractivity contribution in [2.24, 2.45) is 0 Å². The van der Waals surface area contributed by atoms with Crippen molar-refractivity contribution >= 4 is 6.09 Å². The Bertz CT molecular complexity index is 484. The number of hydrogen-bond acceptors (Lipinski definition) is 6. The number of nitrogens with zero attached hydrogens (tertiary/aromatic N) is 3. The van der Waals surface area contributed by atoms with Crippen LogP contribution < -0.4 is 5.32 Å². The minimum Gasteiger partial charge on any atom is -0.444 e. The number of hydrogen-bond donors (Lipinski definition) is 1. The molecule has 0 aliphatic carbocycles. The van der Waals surface area contributed by atoms with Gasteiger partial charge in [0.2, 0.25) is 5.89 Å². The van der Waals surface area contributed by atoms with Crippen LogP contribution in [0, 0.1) is 0 Å². The van der Waals surface area contributed by atoms with Gasteiger partial charge in [0.15, 0.2) is 6.33 Å². The lowest BCUT2D eigenvalue weighted by Gasteiger charge is -2.30. The van der Waals surface area contributed by atoms with Crippen molar-refractivity contribution in [1.82, 2.24) is 20.4 Å². The van der Waals surface area contributed by atoms with Gasteiger partial charge >= 0.3 is 6.09 Å². The minimum atomic E-state index is -0.446. The summed E-state index contributed by atoms with van der Waals surface area (Å²) in [7, 11) is 0. The predicted octanol–water partition coefficient (Wildman–Crippen LogP) is 2.38. The van der Waals surface area contributed by atoms with E-state index in [1.807, 2.05) is 25.7 Å². The zero-order chi connectivity index (χ0) is 16.9. The van der Waals surface area contributed by atoms with Crippen molar-refractivity contribution in [3.05, 3.63) is 12.2 Å². The second kappa shape index (κ2) is 7.77. The van der Waals surface area contributed by atoms with Crippen molar-refractivity contribution in [2.75, 3.05) is 13.1 Å². The molecule has 2 unspecified atom stereocenters. The molecule has 2 atom stereocenters. The van der Waals surface area contributed by atoms with E-state index in [4.69, 9.17) is 9.26 Å². The molecule has 130 valence electrons. The minimum absolute atomic E-state index is 0.196. The molecule has 0 spiro atoms. The van der Waals surface area contributed by atoms with Crippen molar-refractivity contribution in [3.63, 3.8) is 0 Å². The summed E-state index contributed by atoms with van der Waals surface area (Å²) < 4.78 is 10.5. The predicted molar refractivity (Wildman–Crippen MR) is 86.0 cm³/mol. The largest absolute Gasteiger partial charge is 0.444 e. The Morgan fingerprint density at radius 1 is 1.57 bits per heavy atom. The first-order valence-electron chi connectivity index (χ1n) is 8.33. The standard InChI is InChI=1S/C16H28N4O3/c1-12(17-8-7-14-18-11-19-23-14)10-13-6-5-9-20(13)15(21)22-16(2,3)4/h11-13,17H,5-10H2,1-4H3.